The number of nitrogens with one attached hydrogen (secondary N) is 1. The van der Waals surface area contributed by atoms with Gasteiger partial charge in [-0.05, 0) is 6.07 Å². The van der Waals surface area contributed by atoms with Gasteiger partial charge in [-0.3, -0.25) is 15.1 Å². The Morgan fingerprint density at radius 3 is 2.76 bits per heavy atom. The molecule has 0 saturated heterocycles. The van der Waals surface area contributed by atoms with Gasteiger partial charge in [-0.1, -0.05) is 23.2 Å². The number of rotatable bonds is 1. The number of aromatic nitrogens is 1. The molecule has 0 radical (unpaired) electrons. The van der Waals surface area contributed by atoms with E-state index in [4.69, 9.17) is 34.9 Å². The molecule has 17 heavy (non-hydrogen) atoms. The van der Waals surface area contributed by atoms with Crippen molar-refractivity contribution in [2.45, 2.75) is 0 Å². The van der Waals surface area contributed by atoms with E-state index in [1.807, 2.05) is 0 Å². The Hall–Kier alpha value is -1.57. The highest BCUT2D eigenvalue weighted by atomic mass is 35.5. The summed E-state index contributed by atoms with van der Waals surface area (Å²) in [6, 6.07) is 1.41. The van der Waals surface area contributed by atoms with Crippen LogP contribution in [0, 0.1) is 0 Å². The van der Waals surface area contributed by atoms with Gasteiger partial charge < -0.3 is 5.84 Å². The van der Waals surface area contributed by atoms with Crippen molar-refractivity contribution in [2.75, 3.05) is 7.05 Å². The van der Waals surface area contributed by atoms with Crippen molar-refractivity contribution < 1.29 is 4.79 Å². The summed E-state index contributed by atoms with van der Waals surface area (Å²) in [6.45, 7) is 0. The van der Waals surface area contributed by atoms with Crippen LogP contribution in [0.4, 0.5) is 0 Å². The Labute approximate surface area is 107 Å². The maximum atomic E-state index is 11.8. The van der Waals surface area contributed by atoms with Gasteiger partial charge >= 0.3 is 0 Å². The number of carbonyl (C=O) groups is 1. The molecule has 92 valence electrons. The second kappa shape index (κ2) is 5.67. The topological polar surface area (TPSA) is 110 Å². The van der Waals surface area contributed by atoms with Gasteiger partial charge in [0.05, 0.1) is 10.6 Å². The van der Waals surface area contributed by atoms with Gasteiger partial charge in [-0.25, -0.2) is 10.8 Å². The van der Waals surface area contributed by atoms with E-state index in [0.29, 0.717) is 0 Å². The Kier molecular flexibility index (Phi) is 4.50. The number of hydrogen-bond acceptors (Lipinski definition) is 5. The Morgan fingerprint density at radius 2 is 2.24 bits per heavy atom. The zero-order valence-corrected chi connectivity index (χ0v) is 10.3. The van der Waals surface area contributed by atoms with Crippen LogP contribution in [0.5, 0.6) is 0 Å². The van der Waals surface area contributed by atoms with Crippen molar-refractivity contribution in [1.29, 1.82) is 0 Å². The number of halogens is 2. The van der Waals surface area contributed by atoms with Gasteiger partial charge in [0.15, 0.2) is 0 Å². The molecule has 0 spiro atoms. The number of carbonyl (C=O) groups excluding carboxylic acids is 1. The van der Waals surface area contributed by atoms with E-state index >= 15 is 0 Å². The molecular formula is C8H10Cl2N6O. The zero-order chi connectivity index (χ0) is 13.0. The summed E-state index contributed by atoms with van der Waals surface area (Å²) < 4.78 is 0. The predicted molar refractivity (Wildman–Crippen MR) is 65.3 cm³/mol. The number of amides is 1. The second-order valence-corrected chi connectivity index (χ2v) is 3.72. The van der Waals surface area contributed by atoms with Crippen LogP contribution in [-0.2, 0) is 0 Å². The van der Waals surface area contributed by atoms with E-state index in [0.717, 1.165) is 5.01 Å². The van der Waals surface area contributed by atoms with Crippen molar-refractivity contribution >= 4 is 35.1 Å². The van der Waals surface area contributed by atoms with E-state index < -0.39 is 5.91 Å². The van der Waals surface area contributed by atoms with Crippen LogP contribution < -0.4 is 17.0 Å². The van der Waals surface area contributed by atoms with E-state index in [2.05, 4.69) is 15.4 Å². The molecule has 0 saturated carbocycles. The molecule has 9 heteroatoms. The van der Waals surface area contributed by atoms with Gasteiger partial charge in [0, 0.05) is 13.2 Å². The molecule has 5 N–H and O–H groups in total. The van der Waals surface area contributed by atoms with Gasteiger partial charge in [-0.2, -0.15) is 0 Å². The summed E-state index contributed by atoms with van der Waals surface area (Å²) in [7, 11) is 1.47. The predicted octanol–water partition coefficient (Wildman–Crippen LogP) is 0.153. The molecule has 0 aliphatic heterocycles. The number of nitrogens with two attached hydrogens (primary N) is 2. The molecule has 0 aliphatic rings. The standard InChI is InChI=1S/C8H10Cl2N6O/c1-16(12)8(15-11)14-7(17)4-2-3-13-6(10)5(4)9/h2-3H,11-12H2,1H3,(H,14,15,17). The fourth-order valence-electron chi connectivity index (χ4n) is 0.974. The van der Waals surface area contributed by atoms with Gasteiger partial charge in [0.25, 0.3) is 5.91 Å². The van der Waals surface area contributed by atoms with E-state index in [-0.39, 0.29) is 21.7 Å². The van der Waals surface area contributed by atoms with E-state index in [1.165, 1.54) is 19.3 Å². The van der Waals surface area contributed by atoms with Crippen LogP contribution in [0.15, 0.2) is 17.4 Å². The van der Waals surface area contributed by atoms with Crippen LogP contribution in [0.25, 0.3) is 0 Å². The summed E-state index contributed by atoms with van der Waals surface area (Å²) in [5, 5.41) is 6.79. The van der Waals surface area contributed by atoms with Crippen LogP contribution in [0.3, 0.4) is 0 Å². The summed E-state index contributed by atoms with van der Waals surface area (Å²) in [5.41, 5.74) is 0.148. The molecule has 0 unspecified atom stereocenters. The first-order valence-electron chi connectivity index (χ1n) is 4.35. The fraction of sp³-hybridized carbons (Fsp3) is 0.125. The minimum Gasteiger partial charge on any atom is -0.320 e. The number of pyridine rings is 1. The first kappa shape index (κ1) is 13.5. The third-order valence-corrected chi connectivity index (χ3v) is 2.54. The third-order valence-electron chi connectivity index (χ3n) is 1.77. The van der Waals surface area contributed by atoms with Crippen molar-refractivity contribution in [3.8, 4) is 0 Å². The molecule has 0 atom stereocenters. The average Bonchev–Trinajstić information content (AvgIpc) is 2.28. The fourth-order valence-corrected chi connectivity index (χ4v) is 1.33. The lowest BCUT2D eigenvalue weighted by molar-refractivity contribution is 0.0972. The lowest BCUT2D eigenvalue weighted by Gasteiger charge is -2.15. The minimum absolute atomic E-state index is 0.0148. The highest BCUT2D eigenvalue weighted by molar-refractivity contribution is 6.43. The number of nitrogens with zero attached hydrogens (tertiary/aromatic N) is 3. The number of hydrazine groups is 1. The third kappa shape index (κ3) is 3.19. The molecule has 0 aromatic carbocycles. The Morgan fingerprint density at radius 1 is 1.59 bits per heavy atom. The summed E-state index contributed by atoms with van der Waals surface area (Å²) >= 11 is 11.5. The Balaban J connectivity index is 2.95. The average molecular weight is 277 g/mol. The molecule has 0 aliphatic carbocycles. The highest BCUT2D eigenvalue weighted by Crippen LogP contribution is 2.22. The molecule has 1 rings (SSSR count). The van der Waals surface area contributed by atoms with Crippen LogP contribution >= 0.6 is 23.2 Å². The smallest absolute Gasteiger partial charge is 0.259 e. The molecule has 1 aromatic heterocycles. The molecule has 1 aromatic rings. The van der Waals surface area contributed by atoms with Crippen LogP contribution in [0.1, 0.15) is 10.4 Å². The minimum atomic E-state index is -0.541. The first-order chi connectivity index (χ1) is 7.97. The van der Waals surface area contributed by atoms with E-state index in [1.54, 1.807) is 0 Å². The monoisotopic (exact) mass is 276 g/mol. The quantitative estimate of drug-likeness (QED) is 0.222. The molecule has 1 heterocycles. The summed E-state index contributed by atoms with van der Waals surface area (Å²) in [4.78, 5) is 15.5. The normalized spacial score (nSPS) is 11.2. The maximum absolute atomic E-state index is 11.8. The molecule has 7 nitrogen and oxygen atoms in total. The van der Waals surface area contributed by atoms with E-state index in [9.17, 15) is 4.79 Å². The molecule has 1 amide bonds. The maximum Gasteiger partial charge on any atom is 0.259 e. The van der Waals surface area contributed by atoms with Gasteiger partial charge in [0.1, 0.15) is 5.15 Å². The van der Waals surface area contributed by atoms with Crippen molar-refractivity contribution in [2.24, 2.45) is 16.8 Å². The lowest BCUT2D eigenvalue weighted by Crippen LogP contribution is -2.46. The van der Waals surface area contributed by atoms with Gasteiger partial charge in [-0.15, -0.1) is 5.10 Å². The van der Waals surface area contributed by atoms with Crippen molar-refractivity contribution in [3.05, 3.63) is 28.0 Å². The van der Waals surface area contributed by atoms with Crippen molar-refractivity contribution in [1.82, 2.24) is 15.3 Å². The number of hydrogen-bond donors (Lipinski definition) is 3. The summed E-state index contributed by atoms with van der Waals surface area (Å²) in [5.74, 6) is 9.87. The largest absolute Gasteiger partial charge is 0.320 e. The van der Waals surface area contributed by atoms with Crippen molar-refractivity contribution in [3.63, 3.8) is 0 Å². The first-order valence-corrected chi connectivity index (χ1v) is 5.10. The molecular weight excluding hydrogens is 267 g/mol. The zero-order valence-electron chi connectivity index (χ0n) is 8.82. The molecule has 0 fully saturated rings. The second-order valence-electron chi connectivity index (χ2n) is 2.98. The van der Waals surface area contributed by atoms with Gasteiger partial charge in [0.2, 0.25) is 5.96 Å². The van der Waals surface area contributed by atoms with Crippen LogP contribution in [0.2, 0.25) is 10.2 Å². The SMILES string of the molecule is CN(N)/C(=N\N)NC(=O)c1ccnc(Cl)c1Cl. The summed E-state index contributed by atoms with van der Waals surface area (Å²) in [6.07, 6.45) is 1.36. The van der Waals surface area contributed by atoms with Crippen LogP contribution in [-0.4, -0.2) is 28.9 Å². The molecule has 0 bridgehead atoms. The Bertz CT molecular complexity index is 461. The number of hydrazone groups is 1. The lowest BCUT2D eigenvalue weighted by atomic mass is 10.2. The number of guanidine groups is 1. The highest BCUT2D eigenvalue weighted by Gasteiger charge is 2.16.